The molecule has 1 saturated heterocycles. The Morgan fingerprint density at radius 2 is 2.24 bits per heavy atom. The van der Waals surface area contributed by atoms with Crippen molar-refractivity contribution in [3.8, 4) is 10.6 Å². The third-order valence-corrected chi connectivity index (χ3v) is 4.53. The normalized spacial score (nSPS) is 21.4. The van der Waals surface area contributed by atoms with E-state index in [9.17, 15) is 4.79 Å². The highest BCUT2D eigenvalue weighted by molar-refractivity contribution is 7.18. The van der Waals surface area contributed by atoms with Crippen LogP contribution in [0, 0.1) is 5.92 Å². The molecule has 0 aliphatic carbocycles. The number of halogens is 1. The predicted molar refractivity (Wildman–Crippen MR) is 82.5 cm³/mol. The van der Waals surface area contributed by atoms with Gasteiger partial charge in [-0.25, -0.2) is 0 Å². The lowest BCUT2D eigenvalue weighted by atomic mass is 10.1. The average molecular weight is 324 g/mol. The number of amides is 1. The molecule has 1 aliphatic heterocycles. The van der Waals surface area contributed by atoms with Crippen molar-refractivity contribution in [2.75, 3.05) is 11.9 Å². The van der Waals surface area contributed by atoms with E-state index in [1.165, 1.54) is 11.3 Å². The molecule has 7 heteroatoms. The molecule has 1 aromatic heterocycles. The summed E-state index contributed by atoms with van der Waals surface area (Å²) in [7, 11) is 0. The fourth-order valence-corrected chi connectivity index (χ4v) is 3.29. The highest BCUT2D eigenvalue weighted by Gasteiger charge is 2.28. The lowest BCUT2D eigenvalue weighted by molar-refractivity contribution is -0.119. The van der Waals surface area contributed by atoms with Crippen LogP contribution in [0.4, 0.5) is 5.13 Å². The number of aromatic nitrogens is 2. The van der Waals surface area contributed by atoms with Gasteiger partial charge >= 0.3 is 0 Å². The quantitative estimate of drug-likeness (QED) is 0.942. The minimum atomic E-state index is -0.118. The minimum absolute atomic E-state index is 0.0683. The molecule has 1 amide bonds. The van der Waals surface area contributed by atoms with E-state index in [2.05, 4.69) is 15.5 Å². The molecule has 5 nitrogen and oxygen atoms in total. The second-order valence-electron chi connectivity index (χ2n) is 4.96. The van der Waals surface area contributed by atoms with Gasteiger partial charge in [-0.05, 0) is 19.4 Å². The molecular weight excluding hydrogens is 310 g/mol. The molecule has 21 heavy (non-hydrogen) atoms. The highest BCUT2D eigenvalue weighted by atomic mass is 35.5. The predicted octanol–water partition coefficient (Wildman–Crippen LogP) is 3.22. The summed E-state index contributed by atoms with van der Waals surface area (Å²) in [5.74, 6) is -0.186. The number of hydrogen-bond donors (Lipinski definition) is 1. The molecule has 110 valence electrons. The SMILES string of the molecule is CC1CC(C(=O)Nc2nnc(-c3ccccc3Cl)s2)CO1. The number of ether oxygens (including phenoxy) is 1. The molecule has 1 aliphatic rings. The Balaban J connectivity index is 1.71. The lowest BCUT2D eigenvalue weighted by Gasteiger charge is -2.05. The number of carbonyl (C=O) groups excluding carboxylic acids is 1. The molecule has 0 saturated carbocycles. The number of rotatable bonds is 3. The Hall–Kier alpha value is -1.50. The van der Waals surface area contributed by atoms with Crippen LogP contribution in [-0.2, 0) is 9.53 Å². The van der Waals surface area contributed by atoms with E-state index in [1.54, 1.807) is 6.07 Å². The Labute approximate surface area is 131 Å². The zero-order chi connectivity index (χ0) is 14.8. The van der Waals surface area contributed by atoms with Crippen LogP contribution in [-0.4, -0.2) is 28.8 Å². The van der Waals surface area contributed by atoms with Crippen LogP contribution in [0.5, 0.6) is 0 Å². The third-order valence-electron chi connectivity index (χ3n) is 3.33. The van der Waals surface area contributed by atoms with E-state index in [-0.39, 0.29) is 17.9 Å². The summed E-state index contributed by atoms with van der Waals surface area (Å²) in [5.41, 5.74) is 0.815. The van der Waals surface area contributed by atoms with Gasteiger partial charge in [0, 0.05) is 5.56 Å². The first kappa shape index (κ1) is 14.4. The second kappa shape index (κ2) is 6.09. The standard InChI is InChI=1S/C14H14ClN3O2S/c1-8-6-9(7-20-8)12(19)16-14-18-17-13(21-14)10-4-2-3-5-11(10)15/h2-5,8-9H,6-7H2,1H3,(H,16,18,19). The zero-order valence-corrected chi connectivity index (χ0v) is 12.9. The van der Waals surface area contributed by atoms with Crippen molar-refractivity contribution >= 4 is 34.0 Å². The Morgan fingerprint density at radius 1 is 1.43 bits per heavy atom. The summed E-state index contributed by atoms with van der Waals surface area (Å²) < 4.78 is 5.40. The summed E-state index contributed by atoms with van der Waals surface area (Å²) in [6, 6.07) is 7.42. The minimum Gasteiger partial charge on any atom is -0.378 e. The van der Waals surface area contributed by atoms with Gasteiger partial charge in [0.05, 0.1) is 23.7 Å². The first-order chi connectivity index (χ1) is 10.1. The molecule has 1 N–H and O–H groups in total. The van der Waals surface area contributed by atoms with E-state index in [4.69, 9.17) is 16.3 Å². The van der Waals surface area contributed by atoms with E-state index < -0.39 is 0 Å². The van der Waals surface area contributed by atoms with Gasteiger partial charge in [0.25, 0.3) is 0 Å². The molecule has 1 fully saturated rings. The molecule has 0 radical (unpaired) electrons. The maximum atomic E-state index is 12.1. The largest absolute Gasteiger partial charge is 0.378 e. The summed E-state index contributed by atoms with van der Waals surface area (Å²) >= 11 is 7.44. The van der Waals surface area contributed by atoms with Gasteiger partial charge in [-0.15, -0.1) is 10.2 Å². The molecule has 3 rings (SSSR count). The van der Waals surface area contributed by atoms with Crippen LogP contribution in [0.15, 0.2) is 24.3 Å². The topological polar surface area (TPSA) is 64.1 Å². The van der Waals surface area contributed by atoms with Crippen molar-refractivity contribution in [1.29, 1.82) is 0 Å². The Morgan fingerprint density at radius 3 is 2.95 bits per heavy atom. The van der Waals surface area contributed by atoms with Crippen molar-refractivity contribution in [2.24, 2.45) is 5.92 Å². The molecular formula is C14H14ClN3O2S. The number of nitrogens with zero attached hydrogens (tertiary/aromatic N) is 2. The Kier molecular flexibility index (Phi) is 4.19. The van der Waals surface area contributed by atoms with Gasteiger partial charge in [0.1, 0.15) is 0 Å². The van der Waals surface area contributed by atoms with Gasteiger partial charge in [-0.1, -0.05) is 41.1 Å². The summed E-state index contributed by atoms with van der Waals surface area (Å²) in [4.78, 5) is 12.1. The van der Waals surface area contributed by atoms with E-state index in [1.807, 2.05) is 25.1 Å². The van der Waals surface area contributed by atoms with E-state index in [0.29, 0.717) is 21.8 Å². The molecule has 0 bridgehead atoms. The van der Waals surface area contributed by atoms with Crippen LogP contribution in [0.2, 0.25) is 5.02 Å². The van der Waals surface area contributed by atoms with Crippen LogP contribution >= 0.6 is 22.9 Å². The monoisotopic (exact) mass is 323 g/mol. The first-order valence-electron chi connectivity index (χ1n) is 6.64. The molecule has 2 aromatic rings. The summed E-state index contributed by atoms with van der Waals surface area (Å²) in [6.07, 6.45) is 0.871. The van der Waals surface area contributed by atoms with Crippen molar-refractivity contribution in [3.05, 3.63) is 29.3 Å². The van der Waals surface area contributed by atoms with Crippen LogP contribution in [0.25, 0.3) is 10.6 Å². The van der Waals surface area contributed by atoms with Crippen LogP contribution < -0.4 is 5.32 Å². The fraction of sp³-hybridized carbons (Fsp3) is 0.357. The third kappa shape index (κ3) is 3.23. The van der Waals surface area contributed by atoms with Crippen molar-refractivity contribution in [3.63, 3.8) is 0 Å². The zero-order valence-electron chi connectivity index (χ0n) is 11.4. The number of nitrogens with one attached hydrogen (secondary N) is 1. The van der Waals surface area contributed by atoms with Crippen molar-refractivity contribution < 1.29 is 9.53 Å². The van der Waals surface area contributed by atoms with Gasteiger partial charge in [-0.2, -0.15) is 0 Å². The number of anilines is 1. The van der Waals surface area contributed by atoms with Crippen molar-refractivity contribution in [2.45, 2.75) is 19.4 Å². The van der Waals surface area contributed by atoms with Gasteiger partial charge < -0.3 is 10.1 Å². The lowest BCUT2D eigenvalue weighted by Crippen LogP contribution is -2.22. The summed E-state index contributed by atoms with van der Waals surface area (Å²) in [6.45, 7) is 2.43. The number of hydrogen-bond acceptors (Lipinski definition) is 5. The first-order valence-corrected chi connectivity index (χ1v) is 7.84. The van der Waals surface area contributed by atoms with Crippen molar-refractivity contribution in [1.82, 2.24) is 10.2 Å². The van der Waals surface area contributed by atoms with Gasteiger partial charge in [0.15, 0.2) is 5.01 Å². The second-order valence-corrected chi connectivity index (χ2v) is 6.34. The molecule has 0 spiro atoms. The molecule has 2 atom stereocenters. The average Bonchev–Trinajstić information content (AvgIpc) is 3.08. The maximum absolute atomic E-state index is 12.1. The molecule has 2 heterocycles. The van der Waals surface area contributed by atoms with E-state index >= 15 is 0 Å². The van der Waals surface area contributed by atoms with Gasteiger partial charge in [0.2, 0.25) is 11.0 Å². The molecule has 2 unspecified atom stereocenters. The number of carbonyl (C=O) groups is 1. The molecule has 1 aromatic carbocycles. The van der Waals surface area contributed by atoms with Crippen LogP contribution in [0.3, 0.4) is 0 Å². The summed E-state index contributed by atoms with van der Waals surface area (Å²) in [5, 5.41) is 12.7. The smallest absolute Gasteiger partial charge is 0.231 e. The highest BCUT2D eigenvalue weighted by Crippen LogP contribution is 2.32. The fourth-order valence-electron chi connectivity index (χ4n) is 2.22. The maximum Gasteiger partial charge on any atom is 0.231 e. The number of benzene rings is 1. The van der Waals surface area contributed by atoms with Gasteiger partial charge in [-0.3, -0.25) is 4.79 Å². The van der Waals surface area contributed by atoms with E-state index in [0.717, 1.165) is 12.0 Å². The Bertz CT molecular complexity index is 661. The van der Waals surface area contributed by atoms with Crippen LogP contribution in [0.1, 0.15) is 13.3 Å².